The Kier molecular flexibility index (Phi) is 4.65. The average molecular weight is 176 g/mol. The van der Waals surface area contributed by atoms with Gasteiger partial charge in [-0.05, 0) is 0 Å². The second-order valence-electron chi connectivity index (χ2n) is 2.50. The van der Waals surface area contributed by atoms with Gasteiger partial charge in [-0.2, -0.15) is 0 Å². The molecule has 0 radical (unpaired) electrons. The lowest BCUT2D eigenvalue weighted by molar-refractivity contribution is -0.137. The standard InChI is InChI=1S/C7H12O5/c1-4(9)5(10)2-6(11)7(12)3-8/h6-8,11-12H,2-3H2,1H3/t6-,7+/m0/s1. The molecule has 0 aromatic heterocycles. The smallest absolute Gasteiger partial charge is 0.200 e. The molecule has 5 nitrogen and oxygen atoms in total. The van der Waals surface area contributed by atoms with Gasteiger partial charge in [0, 0.05) is 13.3 Å². The van der Waals surface area contributed by atoms with Crippen LogP contribution in [0.2, 0.25) is 0 Å². The van der Waals surface area contributed by atoms with E-state index in [0.717, 1.165) is 6.92 Å². The first-order chi connectivity index (χ1) is 5.49. The molecule has 70 valence electrons. The van der Waals surface area contributed by atoms with Gasteiger partial charge in [0.15, 0.2) is 5.78 Å². The SMILES string of the molecule is CC(=O)C(=O)C[C@H](O)[C@H](O)CO. The topological polar surface area (TPSA) is 94.8 Å². The van der Waals surface area contributed by atoms with Gasteiger partial charge in [-0.1, -0.05) is 0 Å². The first-order valence-corrected chi connectivity index (χ1v) is 3.49. The molecule has 0 saturated carbocycles. The summed E-state index contributed by atoms with van der Waals surface area (Å²) in [5.41, 5.74) is 0. The van der Waals surface area contributed by atoms with Crippen LogP contribution in [0.15, 0.2) is 0 Å². The monoisotopic (exact) mass is 176 g/mol. The molecule has 0 heterocycles. The van der Waals surface area contributed by atoms with E-state index in [4.69, 9.17) is 15.3 Å². The summed E-state index contributed by atoms with van der Waals surface area (Å²) in [4.78, 5) is 21.1. The lowest BCUT2D eigenvalue weighted by atomic mass is 10.1. The molecule has 0 bridgehead atoms. The number of carbonyl (C=O) groups excluding carboxylic acids is 2. The summed E-state index contributed by atoms with van der Waals surface area (Å²) in [6, 6.07) is 0. The van der Waals surface area contributed by atoms with Crippen molar-refractivity contribution in [2.45, 2.75) is 25.6 Å². The molecule has 2 atom stereocenters. The summed E-state index contributed by atoms with van der Waals surface area (Å²) >= 11 is 0. The van der Waals surface area contributed by atoms with Crippen LogP contribution < -0.4 is 0 Å². The largest absolute Gasteiger partial charge is 0.394 e. The van der Waals surface area contributed by atoms with Crippen LogP contribution in [0.5, 0.6) is 0 Å². The molecule has 12 heavy (non-hydrogen) atoms. The predicted octanol–water partition coefficient (Wildman–Crippen LogP) is -1.75. The number of rotatable bonds is 5. The molecule has 0 aliphatic carbocycles. The summed E-state index contributed by atoms with van der Waals surface area (Å²) in [5, 5.41) is 26.1. The van der Waals surface area contributed by atoms with E-state index in [2.05, 4.69) is 0 Å². The van der Waals surface area contributed by atoms with Crippen LogP contribution in [0.25, 0.3) is 0 Å². The van der Waals surface area contributed by atoms with Crippen molar-refractivity contribution >= 4 is 11.6 Å². The zero-order valence-corrected chi connectivity index (χ0v) is 6.73. The van der Waals surface area contributed by atoms with E-state index >= 15 is 0 Å². The number of hydrogen-bond acceptors (Lipinski definition) is 5. The molecule has 0 aromatic carbocycles. The highest BCUT2D eigenvalue weighted by atomic mass is 16.4. The maximum absolute atomic E-state index is 10.7. The Labute approximate surface area is 69.6 Å². The highest BCUT2D eigenvalue weighted by molar-refractivity contribution is 6.36. The lowest BCUT2D eigenvalue weighted by Gasteiger charge is -2.13. The van der Waals surface area contributed by atoms with E-state index in [-0.39, 0.29) is 0 Å². The van der Waals surface area contributed by atoms with Gasteiger partial charge in [0.25, 0.3) is 0 Å². The highest BCUT2D eigenvalue weighted by Gasteiger charge is 2.20. The maximum atomic E-state index is 10.7. The zero-order chi connectivity index (χ0) is 9.72. The van der Waals surface area contributed by atoms with Crippen LogP contribution in [-0.4, -0.2) is 45.7 Å². The van der Waals surface area contributed by atoms with Crippen molar-refractivity contribution in [1.82, 2.24) is 0 Å². The fourth-order valence-electron chi connectivity index (χ4n) is 0.591. The third kappa shape index (κ3) is 3.56. The average Bonchev–Trinajstić information content (AvgIpc) is 2.02. The Balaban J connectivity index is 3.92. The second kappa shape index (κ2) is 4.97. The molecule has 0 spiro atoms. The molecule has 0 unspecified atom stereocenters. The van der Waals surface area contributed by atoms with Gasteiger partial charge in [-0.15, -0.1) is 0 Å². The quantitative estimate of drug-likeness (QED) is 0.432. The van der Waals surface area contributed by atoms with E-state index in [9.17, 15) is 9.59 Å². The molecule has 0 aliphatic rings. The van der Waals surface area contributed by atoms with Crippen LogP contribution >= 0.6 is 0 Å². The van der Waals surface area contributed by atoms with Crippen molar-refractivity contribution in [2.24, 2.45) is 0 Å². The number of carbonyl (C=O) groups is 2. The Bertz CT molecular complexity index is 177. The molecule has 5 heteroatoms. The van der Waals surface area contributed by atoms with Gasteiger partial charge in [0.2, 0.25) is 5.78 Å². The summed E-state index contributed by atoms with van der Waals surface area (Å²) in [5.74, 6) is -1.42. The first kappa shape index (κ1) is 11.2. The Morgan fingerprint density at radius 3 is 2.08 bits per heavy atom. The number of aliphatic hydroxyl groups is 3. The number of ketones is 2. The maximum Gasteiger partial charge on any atom is 0.200 e. The summed E-state index contributed by atoms with van der Waals surface area (Å²) in [6.07, 6.45) is -3.18. The number of aliphatic hydroxyl groups excluding tert-OH is 3. The van der Waals surface area contributed by atoms with Gasteiger partial charge < -0.3 is 15.3 Å². The normalized spacial score (nSPS) is 15.3. The van der Waals surface area contributed by atoms with Gasteiger partial charge in [-0.3, -0.25) is 9.59 Å². The molecule has 3 N–H and O–H groups in total. The van der Waals surface area contributed by atoms with E-state index < -0.39 is 36.8 Å². The number of hydrogen-bond donors (Lipinski definition) is 3. The highest BCUT2D eigenvalue weighted by Crippen LogP contribution is 1.99. The van der Waals surface area contributed by atoms with Crippen LogP contribution in [0.3, 0.4) is 0 Å². The minimum atomic E-state index is -1.37. The summed E-state index contributed by atoms with van der Waals surface area (Å²) < 4.78 is 0. The molecule has 0 aromatic rings. The molecular weight excluding hydrogens is 164 g/mol. The van der Waals surface area contributed by atoms with E-state index in [1.54, 1.807) is 0 Å². The lowest BCUT2D eigenvalue weighted by Crippen LogP contribution is -2.32. The minimum Gasteiger partial charge on any atom is -0.394 e. The molecule has 0 saturated heterocycles. The number of Topliss-reactive ketones (excluding diaryl/α,β-unsaturated/α-hetero) is 2. The van der Waals surface area contributed by atoms with E-state index in [1.807, 2.05) is 0 Å². The van der Waals surface area contributed by atoms with Crippen LogP contribution in [0, 0.1) is 0 Å². The zero-order valence-electron chi connectivity index (χ0n) is 6.73. The molecule has 0 fully saturated rings. The van der Waals surface area contributed by atoms with Crippen LogP contribution in [0.4, 0.5) is 0 Å². The van der Waals surface area contributed by atoms with Crippen molar-refractivity contribution in [3.63, 3.8) is 0 Å². The van der Waals surface area contributed by atoms with Gasteiger partial charge in [-0.25, -0.2) is 0 Å². The van der Waals surface area contributed by atoms with Crippen molar-refractivity contribution in [1.29, 1.82) is 0 Å². The molecule has 0 amide bonds. The summed E-state index contributed by atoms with van der Waals surface area (Å²) in [7, 11) is 0. The second-order valence-corrected chi connectivity index (χ2v) is 2.50. The fourth-order valence-corrected chi connectivity index (χ4v) is 0.591. The fraction of sp³-hybridized carbons (Fsp3) is 0.714. The molecule has 0 rings (SSSR count). The van der Waals surface area contributed by atoms with Crippen LogP contribution in [-0.2, 0) is 9.59 Å². The first-order valence-electron chi connectivity index (χ1n) is 3.49. The van der Waals surface area contributed by atoms with Gasteiger partial charge >= 0.3 is 0 Å². The third-order valence-electron chi connectivity index (χ3n) is 1.42. The van der Waals surface area contributed by atoms with E-state index in [1.165, 1.54) is 0 Å². The predicted molar refractivity (Wildman–Crippen MR) is 39.4 cm³/mol. The molecule has 0 aliphatic heterocycles. The van der Waals surface area contributed by atoms with Gasteiger partial charge in [0.05, 0.1) is 12.7 Å². The minimum absolute atomic E-state index is 0.447. The third-order valence-corrected chi connectivity index (χ3v) is 1.42. The Hall–Kier alpha value is -0.780. The van der Waals surface area contributed by atoms with Crippen LogP contribution in [0.1, 0.15) is 13.3 Å². The van der Waals surface area contributed by atoms with E-state index in [0.29, 0.717) is 0 Å². The van der Waals surface area contributed by atoms with Crippen molar-refractivity contribution in [2.75, 3.05) is 6.61 Å². The van der Waals surface area contributed by atoms with Crippen molar-refractivity contribution in [3.8, 4) is 0 Å². The Morgan fingerprint density at radius 1 is 1.25 bits per heavy atom. The molecular formula is C7H12O5. The Morgan fingerprint density at radius 2 is 1.75 bits per heavy atom. The summed E-state index contributed by atoms with van der Waals surface area (Å²) in [6.45, 7) is 0.451. The van der Waals surface area contributed by atoms with Gasteiger partial charge in [0.1, 0.15) is 6.10 Å². The van der Waals surface area contributed by atoms with Crippen molar-refractivity contribution < 1.29 is 24.9 Å². The van der Waals surface area contributed by atoms with Crippen molar-refractivity contribution in [3.05, 3.63) is 0 Å².